The number of para-hydroxylation sites is 1. The molecular weight excluding hydrogens is 178 g/mol. The van der Waals surface area contributed by atoms with Crippen molar-refractivity contribution >= 4 is 0 Å². The monoisotopic (exact) mass is 195 g/mol. The van der Waals surface area contributed by atoms with Crippen molar-refractivity contribution in [2.45, 2.75) is 19.4 Å². The van der Waals surface area contributed by atoms with Crippen molar-refractivity contribution in [3.05, 3.63) is 29.8 Å². The fourth-order valence-corrected chi connectivity index (χ4v) is 1.01. The summed E-state index contributed by atoms with van der Waals surface area (Å²) in [5.41, 5.74) is 6.13. The van der Waals surface area contributed by atoms with E-state index in [0.717, 1.165) is 11.3 Å². The van der Waals surface area contributed by atoms with E-state index in [4.69, 9.17) is 15.6 Å². The molecule has 0 bridgehead atoms. The third-order valence-electron chi connectivity index (χ3n) is 2.01. The first-order chi connectivity index (χ1) is 6.55. The smallest absolute Gasteiger partial charge is 0.122 e. The fraction of sp³-hybridized carbons (Fsp3) is 0.455. The van der Waals surface area contributed by atoms with E-state index in [1.807, 2.05) is 31.2 Å². The standard InChI is InChI=1S/C11H17NO2/c1-9-5-3-4-6-10(9)14-8-11(2,12)7-13/h3-6,13H,7-8,12H2,1-2H3. The number of aliphatic hydroxyl groups excluding tert-OH is 1. The molecule has 3 nitrogen and oxygen atoms in total. The molecule has 0 saturated carbocycles. The van der Waals surface area contributed by atoms with Crippen LogP contribution >= 0.6 is 0 Å². The van der Waals surface area contributed by atoms with Gasteiger partial charge in [0.25, 0.3) is 0 Å². The van der Waals surface area contributed by atoms with Gasteiger partial charge < -0.3 is 15.6 Å². The van der Waals surface area contributed by atoms with Gasteiger partial charge in [0.15, 0.2) is 0 Å². The lowest BCUT2D eigenvalue weighted by Crippen LogP contribution is -2.45. The number of benzene rings is 1. The molecule has 1 aromatic rings. The Bertz CT molecular complexity index is 297. The first-order valence-electron chi connectivity index (χ1n) is 4.63. The Kier molecular flexibility index (Phi) is 3.49. The minimum absolute atomic E-state index is 0.0844. The van der Waals surface area contributed by atoms with Gasteiger partial charge >= 0.3 is 0 Å². The zero-order valence-corrected chi connectivity index (χ0v) is 8.66. The highest BCUT2D eigenvalue weighted by molar-refractivity contribution is 5.31. The number of rotatable bonds is 4. The predicted molar refractivity (Wildman–Crippen MR) is 56.4 cm³/mol. The second-order valence-electron chi connectivity index (χ2n) is 3.87. The minimum Gasteiger partial charge on any atom is -0.491 e. The maximum absolute atomic E-state index is 8.94. The van der Waals surface area contributed by atoms with Gasteiger partial charge in [-0.1, -0.05) is 18.2 Å². The number of nitrogens with two attached hydrogens (primary N) is 1. The van der Waals surface area contributed by atoms with Crippen LogP contribution in [0.5, 0.6) is 5.75 Å². The molecule has 0 aliphatic heterocycles. The molecule has 78 valence electrons. The summed E-state index contributed by atoms with van der Waals surface area (Å²) < 4.78 is 5.51. The van der Waals surface area contributed by atoms with Crippen molar-refractivity contribution in [2.75, 3.05) is 13.2 Å². The summed E-state index contributed by atoms with van der Waals surface area (Å²) in [5, 5.41) is 8.94. The van der Waals surface area contributed by atoms with Crippen molar-refractivity contribution in [1.82, 2.24) is 0 Å². The van der Waals surface area contributed by atoms with Crippen LogP contribution in [0.1, 0.15) is 12.5 Å². The molecule has 1 rings (SSSR count). The maximum atomic E-state index is 8.94. The lowest BCUT2D eigenvalue weighted by Gasteiger charge is -2.22. The van der Waals surface area contributed by atoms with Crippen molar-refractivity contribution in [3.63, 3.8) is 0 Å². The fourth-order valence-electron chi connectivity index (χ4n) is 1.01. The number of ether oxygens (including phenoxy) is 1. The molecular formula is C11H17NO2. The van der Waals surface area contributed by atoms with Crippen LogP contribution in [0.25, 0.3) is 0 Å². The second-order valence-corrected chi connectivity index (χ2v) is 3.87. The predicted octanol–water partition coefficient (Wildman–Crippen LogP) is 1.08. The van der Waals surface area contributed by atoms with Crippen LogP contribution in [-0.2, 0) is 0 Å². The molecule has 3 heteroatoms. The van der Waals surface area contributed by atoms with Gasteiger partial charge in [0.2, 0.25) is 0 Å². The number of hydrogen-bond donors (Lipinski definition) is 2. The molecule has 0 aromatic heterocycles. The van der Waals surface area contributed by atoms with Gasteiger partial charge in [0.1, 0.15) is 12.4 Å². The highest BCUT2D eigenvalue weighted by Gasteiger charge is 2.18. The molecule has 3 N–H and O–H groups in total. The average Bonchev–Trinajstić information content (AvgIpc) is 2.17. The molecule has 0 fully saturated rings. The van der Waals surface area contributed by atoms with E-state index in [1.165, 1.54) is 0 Å². The molecule has 0 spiro atoms. The van der Waals surface area contributed by atoms with Gasteiger partial charge in [-0.2, -0.15) is 0 Å². The zero-order valence-electron chi connectivity index (χ0n) is 8.66. The molecule has 0 aliphatic rings. The molecule has 1 unspecified atom stereocenters. The summed E-state index contributed by atoms with van der Waals surface area (Å²) in [6.45, 7) is 3.96. The van der Waals surface area contributed by atoms with Gasteiger partial charge in [-0.3, -0.25) is 0 Å². The van der Waals surface area contributed by atoms with E-state index in [2.05, 4.69) is 0 Å². The van der Waals surface area contributed by atoms with Crippen LogP contribution in [-0.4, -0.2) is 23.9 Å². The number of aliphatic hydroxyl groups is 1. The van der Waals surface area contributed by atoms with Crippen LogP contribution in [0.15, 0.2) is 24.3 Å². The van der Waals surface area contributed by atoms with Crippen LogP contribution in [0.4, 0.5) is 0 Å². The summed E-state index contributed by atoms with van der Waals surface area (Å²) in [7, 11) is 0. The highest BCUT2D eigenvalue weighted by atomic mass is 16.5. The minimum atomic E-state index is -0.678. The van der Waals surface area contributed by atoms with Crippen molar-refractivity contribution in [1.29, 1.82) is 0 Å². The topological polar surface area (TPSA) is 55.5 Å². The molecule has 0 saturated heterocycles. The lowest BCUT2D eigenvalue weighted by atomic mass is 10.1. The molecule has 14 heavy (non-hydrogen) atoms. The van der Waals surface area contributed by atoms with E-state index < -0.39 is 5.54 Å². The lowest BCUT2D eigenvalue weighted by molar-refractivity contribution is 0.145. The molecule has 0 radical (unpaired) electrons. The SMILES string of the molecule is Cc1ccccc1OCC(C)(N)CO. The summed E-state index contributed by atoms with van der Waals surface area (Å²) in [4.78, 5) is 0. The highest BCUT2D eigenvalue weighted by Crippen LogP contribution is 2.17. The number of hydrogen-bond acceptors (Lipinski definition) is 3. The Morgan fingerprint density at radius 2 is 2.07 bits per heavy atom. The molecule has 1 aromatic carbocycles. The van der Waals surface area contributed by atoms with Crippen LogP contribution in [0, 0.1) is 6.92 Å². The van der Waals surface area contributed by atoms with Crippen molar-refractivity contribution in [2.24, 2.45) is 5.73 Å². The van der Waals surface area contributed by atoms with Crippen LogP contribution < -0.4 is 10.5 Å². The Labute approximate surface area is 84.5 Å². The average molecular weight is 195 g/mol. The largest absolute Gasteiger partial charge is 0.491 e. The van der Waals surface area contributed by atoms with E-state index in [-0.39, 0.29) is 6.61 Å². The van der Waals surface area contributed by atoms with Crippen molar-refractivity contribution < 1.29 is 9.84 Å². The van der Waals surface area contributed by atoms with E-state index in [9.17, 15) is 0 Å². The van der Waals surface area contributed by atoms with Crippen LogP contribution in [0.3, 0.4) is 0 Å². The Morgan fingerprint density at radius 1 is 1.43 bits per heavy atom. The summed E-state index contributed by atoms with van der Waals surface area (Å²) in [6, 6.07) is 7.73. The third kappa shape index (κ3) is 3.01. The molecule has 0 heterocycles. The molecule has 0 amide bonds. The molecule has 1 atom stereocenters. The summed E-state index contributed by atoms with van der Waals surface area (Å²) in [6.07, 6.45) is 0. The summed E-state index contributed by atoms with van der Waals surface area (Å²) in [5.74, 6) is 0.817. The first-order valence-corrected chi connectivity index (χ1v) is 4.63. The van der Waals surface area contributed by atoms with E-state index >= 15 is 0 Å². The quantitative estimate of drug-likeness (QED) is 0.756. The maximum Gasteiger partial charge on any atom is 0.122 e. The first kappa shape index (κ1) is 11.0. The molecule has 0 aliphatic carbocycles. The van der Waals surface area contributed by atoms with Crippen LogP contribution in [0.2, 0.25) is 0 Å². The van der Waals surface area contributed by atoms with Crippen molar-refractivity contribution in [3.8, 4) is 5.75 Å². The zero-order chi connectivity index (χ0) is 10.6. The summed E-state index contributed by atoms with van der Waals surface area (Å²) >= 11 is 0. The van der Waals surface area contributed by atoms with Gasteiger partial charge in [-0.15, -0.1) is 0 Å². The Balaban J connectivity index is 2.58. The van der Waals surface area contributed by atoms with Gasteiger partial charge in [0.05, 0.1) is 12.1 Å². The van der Waals surface area contributed by atoms with Gasteiger partial charge in [0, 0.05) is 0 Å². The van der Waals surface area contributed by atoms with Gasteiger partial charge in [-0.25, -0.2) is 0 Å². The Morgan fingerprint density at radius 3 is 2.64 bits per heavy atom. The second kappa shape index (κ2) is 4.44. The van der Waals surface area contributed by atoms with E-state index in [1.54, 1.807) is 6.92 Å². The Hall–Kier alpha value is -1.06. The third-order valence-corrected chi connectivity index (χ3v) is 2.01. The van der Waals surface area contributed by atoms with Gasteiger partial charge in [-0.05, 0) is 25.5 Å². The van der Waals surface area contributed by atoms with E-state index in [0.29, 0.717) is 6.61 Å². The normalized spacial score (nSPS) is 14.9. The number of aryl methyl sites for hydroxylation is 1.